The number of amides is 1. The summed E-state index contributed by atoms with van der Waals surface area (Å²) in [6.07, 6.45) is 0.546. The predicted molar refractivity (Wildman–Crippen MR) is 118 cm³/mol. The molecule has 150 valence electrons. The van der Waals surface area contributed by atoms with Gasteiger partial charge in [-0.05, 0) is 36.2 Å². The normalized spacial score (nSPS) is 10.8. The first-order chi connectivity index (χ1) is 14.6. The van der Waals surface area contributed by atoms with Crippen LogP contribution < -0.4 is 16.6 Å². The van der Waals surface area contributed by atoms with Crippen LogP contribution in [0.1, 0.15) is 5.56 Å². The van der Waals surface area contributed by atoms with Crippen LogP contribution in [0.25, 0.3) is 10.9 Å². The molecule has 0 aliphatic rings. The van der Waals surface area contributed by atoms with Crippen molar-refractivity contribution in [3.05, 3.63) is 111 Å². The highest BCUT2D eigenvalue weighted by Gasteiger charge is 2.15. The molecule has 6 nitrogen and oxygen atoms in total. The molecule has 0 saturated heterocycles. The zero-order valence-electron chi connectivity index (χ0n) is 16.3. The molecule has 0 spiro atoms. The Hall–Kier alpha value is -3.93. The molecule has 30 heavy (non-hydrogen) atoms. The molecule has 4 aromatic rings. The van der Waals surface area contributed by atoms with E-state index in [4.69, 9.17) is 0 Å². The number of hydrogen-bond donors (Lipinski definition) is 1. The lowest BCUT2D eigenvalue weighted by atomic mass is 10.1. The highest BCUT2D eigenvalue weighted by molar-refractivity contribution is 5.91. The molecule has 0 atom stereocenters. The zero-order valence-corrected chi connectivity index (χ0v) is 16.3. The summed E-state index contributed by atoms with van der Waals surface area (Å²) in [5.74, 6) is -0.332. The monoisotopic (exact) mass is 399 g/mol. The van der Waals surface area contributed by atoms with E-state index < -0.39 is 5.69 Å². The minimum Gasteiger partial charge on any atom is -0.325 e. The van der Waals surface area contributed by atoms with E-state index >= 15 is 0 Å². The Labute approximate surface area is 173 Å². The highest BCUT2D eigenvalue weighted by atomic mass is 16.2. The molecule has 3 aromatic carbocycles. The number of rotatable bonds is 6. The van der Waals surface area contributed by atoms with E-state index in [0.717, 1.165) is 5.56 Å². The van der Waals surface area contributed by atoms with E-state index in [0.29, 0.717) is 23.0 Å². The van der Waals surface area contributed by atoms with Gasteiger partial charge in [-0.1, -0.05) is 60.7 Å². The number of aryl methyl sites for hydroxylation is 1. The summed E-state index contributed by atoms with van der Waals surface area (Å²) in [4.78, 5) is 38.7. The smallest absolute Gasteiger partial charge is 0.325 e. The minimum absolute atomic E-state index is 0.181. The second-order valence-electron chi connectivity index (χ2n) is 6.99. The summed E-state index contributed by atoms with van der Waals surface area (Å²) in [7, 11) is 0. The van der Waals surface area contributed by atoms with E-state index in [2.05, 4.69) is 5.32 Å². The van der Waals surface area contributed by atoms with Crippen LogP contribution in [0.2, 0.25) is 0 Å². The van der Waals surface area contributed by atoms with E-state index in [9.17, 15) is 14.4 Å². The fourth-order valence-electron chi connectivity index (χ4n) is 3.47. The van der Waals surface area contributed by atoms with Gasteiger partial charge in [0.2, 0.25) is 5.91 Å². The van der Waals surface area contributed by atoms with Gasteiger partial charge in [0, 0.05) is 12.2 Å². The molecular formula is C24H21N3O3. The van der Waals surface area contributed by atoms with E-state index in [1.165, 1.54) is 9.13 Å². The molecule has 1 N–H and O–H groups in total. The van der Waals surface area contributed by atoms with Gasteiger partial charge in [0.1, 0.15) is 6.54 Å². The summed E-state index contributed by atoms with van der Waals surface area (Å²) in [5.41, 5.74) is 1.30. The Balaban J connectivity index is 1.70. The van der Waals surface area contributed by atoms with Crippen molar-refractivity contribution < 1.29 is 4.79 Å². The summed E-state index contributed by atoms with van der Waals surface area (Å²) in [5, 5.41) is 3.20. The van der Waals surface area contributed by atoms with Crippen molar-refractivity contribution in [3.8, 4) is 0 Å². The van der Waals surface area contributed by atoms with Crippen molar-refractivity contribution in [3.63, 3.8) is 0 Å². The number of para-hydroxylation sites is 2. The maximum absolute atomic E-state index is 13.2. The van der Waals surface area contributed by atoms with E-state index in [1.807, 2.05) is 48.5 Å². The molecule has 1 heterocycles. The van der Waals surface area contributed by atoms with Crippen molar-refractivity contribution in [1.29, 1.82) is 0 Å². The largest absolute Gasteiger partial charge is 0.331 e. The molecule has 4 rings (SSSR count). The molecule has 0 unspecified atom stereocenters. The van der Waals surface area contributed by atoms with E-state index in [1.54, 1.807) is 36.4 Å². The van der Waals surface area contributed by atoms with Crippen LogP contribution in [-0.2, 0) is 24.3 Å². The first-order valence-corrected chi connectivity index (χ1v) is 9.75. The average molecular weight is 399 g/mol. The molecule has 6 heteroatoms. The van der Waals surface area contributed by atoms with Crippen LogP contribution in [-0.4, -0.2) is 15.0 Å². The van der Waals surface area contributed by atoms with Gasteiger partial charge in [-0.15, -0.1) is 0 Å². The molecular weight excluding hydrogens is 378 g/mol. The Morgan fingerprint density at radius 1 is 0.767 bits per heavy atom. The number of nitrogens with one attached hydrogen (secondary N) is 1. The van der Waals surface area contributed by atoms with Crippen molar-refractivity contribution in [2.45, 2.75) is 19.5 Å². The number of carbonyl (C=O) groups is 1. The van der Waals surface area contributed by atoms with Crippen LogP contribution >= 0.6 is 0 Å². The quantitative estimate of drug-likeness (QED) is 0.542. The van der Waals surface area contributed by atoms with Gasteiger partial charge >= 0.3 is 5.69 Å². The Morgan fingerprint density at radius 2 is 1.40 bits per heavy atom. The van der Waals surface area contributed by atoms with Crippen LogP contribution in [0.3, 0.4) is 0 Å². The topological polar surface area (TPSA) is 73.1 Å². The number of nitrogens with zero attached hydrogens (tertiary/aromatic N) is 2. The van der Waals surface area contributed by atoms with Crippen LogP contribution in [0, 0.1) is 0 Å². The molecule has 0 saturated carbocycles. The Kier molecular flexibility index (Phi) is 5.57. The number of hydrogen-bond acceptors (Lipinski definition) is 3. The second-order valence-corrected chi connectivity index (χ2v) is 6.99. The third kappa shape index (κ3) is 4.07. The number of benzene rings is 3. The van der Waals surface area contributed by atoms with Crippen molar-refractivity contribution in [2.24, 2.45) is 0 Å². The fraction of sp³-hybridized carbons (Fsp3) is 0.125. The molecule has 0 radical (unpaired) electrons. The van der Waals surface area contributed by atoms with Gasteiger partial charge in [0.25, 0.3) is 5.56 Å². The standard InChI is InChI=1S/C24H21N3O3/c28-22(25-19-11-5-2-6-12-19)17-27-21-14-8-7-13-20(21)23(29)26(24(27)30)16-15-18-9-3-1-4-10-18/h1-14H,15-17H2,(H,25,28). The highest BCUT2D eigenvalue weighted by Crippen LogP contribution is 2.10. The van der Waals surface area contributed by atoms with Crippen molar-refractivity contribution in [1.82, 2.24) is 9.13 Å². The average Bonchev–Trinajstić information content (AvgIpc) is 2.78. The lowest BCUT2D eigenvalue weighted by Gasteiger charge is -2.14. The first-order valence-electron chi connectivity index (χ1n) is 9.75. The predicted octanol–water partition coefficient (Wildman–Crippen LogP) is 3.04. The first kappa shape index (κ1) is 19.4. The summed E-state index contributed by atoms with van der Waals surface area (Å²) >= 11 is 0. The molecule has 0 fully saturated rings. The lowest BCUT2D eigenvalue weighted by molar-refractivity contribution is -0.116. The maximum Gasteiger partial charge on any atom is 0.331 e. The number of anilines is 1. The van der Waals surface area contributed by atoms with Gasteiger partial charge < -0.3 is 5.32 Å². The van der Waals surface area contributed by atoms with Crippen LogP contribution in [0.5, 0.6) is 0 Å². The number of fused-ring (bicyclic) bond motifs is 1. The zero-order chi connectivity index (χ0) is 20.9. The number of aromatic nitrogens is 2. The van der Waals surface area contributed by atoms with Crippen molar-refractivity contribution >= 4 is 22.5 Å². The van der Waals surface area contributed by atoms with Crippen molar-refractivity contribution in [2.75, 3.05) is 5.32 Å². The summed E-state index contributed by atoms with van der Waals surface area (Å²) in [6.45, 7) is 0.0622. The molecule has 0 aliphatic carbocycles. The lowest BCUT2D eigenvalue weighted by Crippen LogP contribution is -2.42. The Bertz CT molecular complexity index is 1290. The van der Waals surface area contributed by atoms with Crippen LogP contribution in [0.4, 0.5) is 5.69 Å². The van der Waals surface area contributed by atoms with Gasteiger partial charge in [-0.2, -0.15) is 0 Å². The van der Waals surface area contributed by atoms with Gasteiger partial charge in [-0.3, -0.25) is 18.7 Å². The Morgan fingerprint density at radius 3 is 2.13 bits per heavy atom. The molecule has 0 bridgehead atoms. The SMILES string of the molecule is O=C(Cn1c(=O)n(CCc2ccccc2)c(=O)c2ccccc21)Nc1ccccc1. The fourth-order valence-corrected chi connectivity index (χ4v) is 3.47. The molecule has 1 aromatic heterocycles. The third-order valence-corrected chi connectivity index (χ3v) is 4.96. The van der Waals surface area contributed by atoms with E-state index in [-0.39, 0.29) is 24.6 Å². The van der Waals surface area contributed by atoms with Gasteiger partial charge in [0.15, 0.2) is 0 Å². The minimum atomic E-state index is -0.488. The molecule has 0 aliphatic heterocycles. The molecule has 1 amide bonds. The van der Waals surface area contributed by atoms with Gasteiger partial charge in [0.05, 0.1) is 10.9 Å². The summed E-state index contributed by atoms with van der Waals surface area (Å²) < 4.78 is 2.57. The third-order valence-electron chi connectivity index (χ3n) is 4.96. The summed E-state index contributed by atoms with van der Waals surface area (Å²) in [6, 6.07) is 25.6. The maximum atomic E-state index is 13.2. The number of carbonyl (C=O) groups excluding carboxylic acids is 1. The van der Waals surface area contributed by atoms with Crippen LogP contribution in [0.15, 0.2) is 94.5 Å². The van der Waals surface area contributed by atoms with Gasteiger partial charge in [-0.25, -0.2) is 4.79 Å². The second kappa shape index (κ2) is 8.61.